The summed E-state index contributed by atoms with van der Waals surface area (Å²) in [6, 6.07) is 0. The number of ether oxygens (including phenoxy) is 1. The van der Waals surface area contributed by atoms with Gasteiger partial charge in [0.15, 0.2) is 0 Å². The number of morpholine rings is 1. The van der Waals surface area contributed by atoms with Gasteiger partial charge in [0, 0.05) is 32.7 Å². The first-order valence-corrected chi connectivity index (χ1v) is 8.06. The largest absolute Gasteiger partial charge is 0.379 e. The average Bonchev–Trinajstić information content (AvgIpc) is 2.81. The highest BCUT2D eigenvalue weighted by molar-refractivity contribution is 7.89. The summed E-state index contributed by atoms with van der Waals surface area (Å²) in [5, 5.41) is 6.56. The fourth-order valence-electron chi connectivity index (χ4n) is 2.20. The van der Waals surface area contributed by atoms with Gasteiger partial charge >= 0.3 is 0 Å². The predicted molar refractivity (Wildman–Crippen MR) is 73.7 cm³/mol. The van der Waals surface area contributed by atoms with Crippen molar-refractivity contribution in [1.29, 1.82) is 0 Å². The highest BCUT2D eigenvalue weighted by Crippen LogP contribution is 2.16. The Balaban J connectivity index is 1.95. The topological polar surface area (TPSA) is 113 Å². The van der Waals surface area contributed by atoms with E-state index in [-0.39, 0.29) is 11.4 Å². The lowest BCUT2D eigenvalue weighted by Crippen LogP contribution is -2.41. The van der Waals surface area contributed by atoms with Crippen LogP contribution in [0.4, 0.5) is 0 Å². The van der Waals surface area contributed by atoms with Crippen LogP contribution in [0, 0.1) is 6.92 Å². The van der Waals surface area contributed by atoms with Gasteiger partial charge in [0.1, 0.15) is 4.90 Å². The molecule has 1 aromatic heterocycles. The number of nitrogens with zero attached hydrogens (tertiary/aromatic N) is 2. The smallest absolute Gasteiger partial charge is 0.244 e. The number of aromatic nitrogens is 2. The Kier molecular flexibility index (Phi) is 5.11. The molecule has 1 aromatic rings. The van der Waals surface area contributed by atoms with E-state index in [0.717, 1.165) is 13.1 Å². The van der Waals surface area contributed by atoms with Gasteiger partial charge in [0.25, 0.3) is 0 Å². The molecule has 0 radical (unpaired) electrons. The minimum Gasteiger partial charge on any atom is -0.379 e. The molecule has 2 heterocycles. The van der Waals surface area contributed by atoms with Crippen LogP contribution in [0.2, 0.25) is 0 Å². The van der Waals surface area contributed by atoms with Gasteiger partial charge in [-0.05, 0) is 6.92 Å². The fraction of sp³-hybridized carbons (Fsp3) is 0.727. The van der Waals surface area contributed by atoms with Gasteiger partial charge in [-0.15, -0.1) is 0 Å². The second-order valence-corrected chi connectivity index (χ2v) is 6.38. The molecule has 0 aliphatic carbocycles. The van der Waals surface area contributed by atoms with E-state index < -0.39 is 10.0 Å². The number of aryl methyl sites for hydroxylation is 1. The summed E-state index contributed by atoms with van der Waals surface area (Å²) < 4.78 is 32.4. The number of aromatic amines is 1. The highest BCUT2D eigenvalue weighted by atomic mass is 32.2. The summed E-state index contributed by atoms with van der Waals surface area (Å²) >= 11 is 0. The molecule has 1 saturated heterocycles. The maximum Gasteiger partial charge on any atom is 0.244 e. The van der Waals surface area contributed by atoms with E-state index in [1.165, 1.54) is 0 Å². The van der Waals surface area contributed by atoms with Crippen molar-refractivity contribution in [3.8, 4) is 0 Å². The van der Waals surface area contributed by atoms with E-state index in [2.05, 4.69) is 19.8 Å². The third-order valence-electron chi connectivity index (χ3n) is 3.25. The minimum atomic E-state index is -3.57. The van der Waals surface area contributed by atoms with Crippen LogP contribution < -0.4 is 10.5 Å². The molecule has 1 aliphatic heterocycles. The van der Waals surface area contributed by atoms with Crippen LogP contribution in [0.25, 0.3) is 0 Å². The Morgan fingerprint density at radius 2 is 2.15 bits per heavy atom. The second-order valence-electron chi connectivity index (χ2n) is 4.68. The lowest BCUT2D eigenvalue weighted by atomic mass is 10.4. The van der Waals surface area contributed by atoms with Crippen LogP contribution in [-0.2, 0) is 21.3 Å². The van der Waals surface area contributed by atoms with E-state index in [9.17, 15) is 8.42 Å². The summed E-state index contributed by atoms with van der Waals surface area (Å²) in [5.41, 5.74) is 6.38. The van der Waals surface area contributed by atoms with E-state index in [1.807, 2.05) is 0 Å². The molecule has 9 heteroatoms. The Bertz CT molecular complexity index is 536. The first-order valence-electron chi connectivity index (χ1n) is 6.58. The molecule has 0 unspecified atom stereocenters. The molecule has 0 saturated carbocycles. The standard InChI is InChI=1S/C11H21N5O3S/c1-9-11(10(8-12)15-14-9)20(17,18)13-2-3-16-4-6-19-7-5-16/h13H,2-8,12H2,1H3,(H,14,15). The maximum atomic E-state index is 12.3. The zero-order chi connectivity index (χ0) is 14.6. The lowest BCUT2D eigenvalue weighted by molar-refractivity contribution is 0.0390. The molecule has 4 N–H and O–H groups in total. The summed E-state index contributed by atoms with van der Waals surface area (Å²) in [7, 11) is -3.57. The van der Waals surface area contributed by atoms with Gasteiger partial charge in [-0.2, -0.15) is 5.10 Å². The Morgan fingerprint density at radius 1 is 1.45 bits per heavy atom. The van der Waals surface area contributed by atoms with E-state index >= 15 is 0 Å². The van der Waals surface area contributed by atoms with Crippen molar-refractivity contribution in [2.45, 2.75) is 18.4 Å². The van der Waals surface area contributed by atoms with Crippen molar-refractivity contribution in [2.24, 2.45) is 5.73 Å². The van der Waals surface area contributed by atoms with Gasteiger partial charge < -0.3 is 10.5 Å². The molecular weight excluding hydrogens is 282 g/mol. The molecule has 0 atom stereocenters. The Hall–Kier alpha value is -1.00. The number of sulfonamides is 1. The zero-order valence-electron chi connectivity index (χ0n) is 11.6. The monoisotopic (exact) mass is 303 g/mol. The summed E-state index contributed by atoms with van der Waals surface area (Å²) in [5.74, 6) is 0. The van der Waals surface area contributed by atoms with Crippen molar-refractivity contribution in [2.75, 3.05) is 39.4 Å². The number of H-pyrrole nitrogens is 1. The Morgan fingerprint density at radius 3 is 2.80 bits per heavy atom. The second kappa shape index (κ2) is 6.64. The predicted octanol–water partition coefficient (Wildman–Crippen LogP) is -1.21. The van der Waals surface area contributed by atoms with Crippen LogP contribution >= 0.6 is 0 Å². The minimum absolute atomic E-state index is 0.0873. The van der Waals surface area contributed by atoms with Gasteiger partial charge in [-0.25, -0.2) is 13.1 Å². The molecule has 0 aromatic carbocycles. The highest BCUT2D eigenvalue weighted by Gasteiger charge is 2.23. The first-order chi connectivity index (χ1) is 9.54. The van der Waals surface area contributed by atoms with Gasteiger partial charge in [-0.3, -0.25) is 10.00 Å². The first kappa shape index (κ1) is 15.4. The molecule has 1 aliphatic rings. The van der Waals surface area contributed by atoms with Crippen molar-refractivity contribution < 1.29 is 13.2 Å². The lowest BCUT2D eigenvalue weighted by Gasteiger charge is -2.26. The van der Waals surface area contributed by atoms with Gasteiger partial charge in [0.05, 0.1) is 24.6 Å². The normalized spacial score (nSPS) is 17.5. The Labute approximate surface area is 118 Å². The molecule has 0 bridgehead atoms. The van der Waals surface area contributed by atoms with Crippen LogP contribution in [0.1, 0.15) is 11.4 Å². The number of nitrogens with two attached hydrogens (primary N) is 1. The molecule has 0 spiro atoms. The summed E-state index contributed by atoms with van der Waals surface area (Å²) in [4.78, 5) is 2.33. The van der Waals surface area contributed by atoms with Crippen molar-refractivity contribution in [3.63, 3.8) is 0 Å². The molecule has 8 nitrogen and oxygen atoms in total. The zero-order valence-corrected chi connectivity index (χ0v) is 12.4. The maximum absolute atomic E-state index is 12.3. The SMILES string of the molecule is Cc1[nH]nc(CN)c1S(=O)(=O)NCCN1CCOCC1. The van der Waals surface area contributed by atoms with E-state index in [1.54, 1.807) is 6.92 Å². The summed E-state index contributed by atoms with van der Waals surface area (Å²) in [6.07, 6.45) is 0. The number of nitrogens with one attached hydrogen (secondary N) is 2. The molecule has 20 heavy (non-hydrogen) atoms. The van der Waals surface area contributed by atoms with Crippen molar-refractivity contribution in [1.82, 2.24) is 19.8 Å². The number of hydrogen-bond acceptors (Lipinski definition) is 6. The van der Waals surface area contributed by atoms with Crippen molar-refractivity contribution >= 4 is 10.0 Å². The van der Waals surface area contributed by atoms with Crippen LogP contribution in [0.15, 0.2) is 4.90 Å². The molecule has 2 rings (SSSR count). The average molecular weight is 303 g/mol. The third-order valence-corrected chi connectivity index (χ3v) is 4.91. The van der Waals surface area contributed by atoms with Crippen molar-refractivity contribution in [3.05, 3.63) is 11.4 Å². The van der Waals surface area contributed by atoms with E-state index in [4.69, 9.17) is 10.5 Å². The molecular formula is C11H21N5O3S. The molecule has 0 amide bonds. The summed E-state index contributed by atoms with van der Waals surface area (Å²) in [6.45, 7) is 5.85. The third kappa shape index (κ3) is 3.55. The number of rotatable bonds is 6. The quantitative estimate of drug-likeness (QED) is 0.607. The van der Waals surface area contributed by atoms with E-state index in [0.29, 0.717) is 37.7 Å². The number of hydrogen-bond donors (Lipinski definition) is 3. The van der Waals surface area contributed by atoms with Crippen LogP contribution in [0.3, 0.4) is 0 Å². The van der Waals surface area contributed by atoms with Gasteiger partial charge in [-0.1, -0.05) is 0 Å². The fourth-order valence-corrected chi connectivity index (χ4v) is 3.59. The molecule has 114 valence electrons. The van der Waals surface area contributed by atoms with Crippen LogP contribution in [0.5, 0.6) is 0 Å². The van der Waals surface area contributed by atoms with Gasteiger partial charge in [0.2, 0.25) is 10.0 Å². The van der Waals surface area contributed by atoms with Crippen LogP contribution in [-0.4, -0.2) is 62.9 Å². The molecule has 1 fully saturated rings.